The molecule has 1 aliphatic heterocycles. The zero-order valence-electron chi connectivity index (χ0n) is 17.2. The van der Waals surface area contributed by atoms with Gasteiger partial charge in [0.05, 0.1) is 34.9 Å². The smallest absolute Gasteiger partial charge is 0.244 e. The number of benzene rings is 2. The SMILES string of the molecule is CSCc1nc2ccccc2n1CC(=O)Nc1cccc(S(=O)(=O)N2CCOCC2)c1. The summed E-state index contributed by atoms with van der Waals surface area (Å²) in [5.74, 6) is 1.27. The second-order valence-corrected chi connectivity index (χ2v) is 9.93. The van der Waals surface area contributed by atoms with Gasteiger partial charge in [-0.1, -0.05) is 18.2 Å². The maximum Gasteiger partial charge on any atom is 0.244 e. The fourth-order valence-electron chi connectivity index (χ4n) is 3.56. The molecule has 0 spiro atoms. The van der Waals surface area contributed by atoms with Gasteiger partial charge in [-0.05, 0) is 36.6 Å². The van der Waals surface area contributed by atoms with Crippen LogP contribution in [-0.2, 0) is 31.9 Å². The van der Waals surface area contributed by atoms with Gasteiger partial charge in [0.25, 0.3) is 0 Å². The molecule has 1 aromatic heterocycles. The first kappa shape index (κ1) is 21.8. The minimum atomic E-state index is -3.63. The van der Waals surface area contributed by atoms with Gasteiger partial charge in [-0.15, -0.1) is 0 Å². The van der Waals surface area contributed by atoms with Crippen molar-refractivity contribution in [2.45, 2.75) is 17.2 Å². The van der Waals surface area contributed by atoms with Gasteiger partial charge in [-0.2, -0.15) is 16.1 Å². The van der Waals surface area contributed by atoms with E-state index in [1.54, 1.807) is 30.0 Å². The van der Waals surface area contributed by atoms with Crippen LogP contribution in [0.2, 0.25) is 0 Å². The third kappa shape index (κ3) is 4.77. The number of carbonyl (C=O) groups is 1. The zero-order valence-corrected chi connectivity index (χ0v) is 18.8. The highest BCUT2D eigenvalue weighted by Gasteiger charge is 2.26. The lowest BCUT2D eigenvalue weighted by molar-refractivity contribution is -0.116. The molecule has 1 aliphatic rings. The van der Waals surface area contributed by atoms with Crippen molar-refractivity contribution in [3.8, 4) is 0 Å². The predicted molar refractivity (Wildman–Crippen MR) is 122 cm³/mol. The minimum absolute atomic E-state index is 0.0941. The zero-order chi connectivity index (χ0) is 21.8. The average molecular weight is 461 g/mol. The molecule has 0 saturated carbocycles. The van der Waals surface area contributed by atoms with E-state index in [1.807, 2.05) is 35.1 Å². The molecule has 3 aromatic rings. The summed E-state index contributed by atoms with van der Waals surface area (Å²) < 4.78 is 34.3. The number of sulfonamides is 1. The number of anilines is 1. The number of ether oxygens (including phenoxy) is 1. The number of para-hydroxylation sites is 2. The van der Waals surface area contributed by atoms with Crippen molar-refractivity contribution in [3.63, 3.8) is 0 Å². The fraction of sp³-hybridized carbons (Fsp3) is 0.333. The number of nitrogens with one attached hydrogen (secondary N) is 1. The van der Waals surface area contributed by atoms with Gasteiger partial charge in [0.15, 0.2) is 0 Å². The monoisotopic (exact) mass is 460 g/mol. The first-order valence-corrected chi connectivity index (χ1v) is 12.7. The maximum atomic E-state index is 12.9. The van der Waals surface area contributed by atoms with E-state index in [1.165, 1.54) is 10.4 Å². The standard InChI is InChI=1S/C21H24N4O4S2/c1-30-15-20-23-18-7-2-3-8-19(18)25(20)14-21(26)22-16-5-4-6-17(13-16)31(27,28)24-9-11-29-12-10-24/h2-8,13H,9-12,14-15H2,1H3,(H,22,26). The molecule has 0 aliphatic carbocycles. The Hall–Kier alpha value is -2.40. The average Bonchev–Trinajstić information content (AvgIpc) is 3.12. The van der Waals surface area contributed by atoms with Gasteiger partial charge >= 0.3 is 0 Å². The third-order valence-corrected chi connectivity index (χ3v) is 7.48. The van der Waals surface area contributed by atoms with Crippen LogP contribution in [-0.4, -0.2) is 60.7 Å². The Morgan fingerprint density at radius 3 is 2.71 bits per heavy atom. The van der Waals surface area contributed by atoms with Gasteiger partial charge < -0.3 is 14.6 Å². The van der Waals surface area contributed by atoms with Gasteiger partial charge in [-0.25, -0.2) is 13.4 Å². The van der Waals surface area contributed by atoms with Gasteiger partial charge in [0, 0.05) is 18.8 Å². The van der Waals surface area contributed by atoms with Gasteiger partial charge in [0.2, 0.25) is 15.9 Å². The van der Waals surface area contributed by atoms with Crippen molar-refractivity contribution < 1.29 is 17.9 Å². The number of carbonyl (C=O) groups excluding carboxylic acids is 1. The van der Waals surface area contributed by atoms with Crippen molar-refractivity contribution in [1.29, 1.82) is 0 Å². The lowest BCUT2D eigenvalue weighted by Gasteiger charge is -2.26. The van der Waals surface area contributed by atoms with Gasteiger partial charge in [0.1, 0.15) is 12.4 Å². The molecule has 1 saturated heterocycles. The van der Waals surface area contributed by atoms with Crippen LogP contribution < -0.4 is 5.32 Å². The van der Waals surface area contributed by atoms with Gasteiger partial charge in [-0.3, -0.25) is 4.79 Å². The molecular formula is C21H24N4O4S2. The Balaban J connectivity index is 1.53. The van der Waals surface area contributed by atoms with Crippen LogP contribution in [0.25, 0.3) is 11.0 Å². The molecule has 1 fully saturated rings. The van der Waals surface area contributed by atoms with E-state index in [-0.39, 0.29) is 17.3 Å². The number of nitrogens with zero attached hydrogens (tertiary/aromatic N) is 3. The lowest BCUT2D eigenvalue weighted by Crippen LogP contribution is -2.40. The maximum absolute atomic E-state index is 12.9. The fourth-order valence-corrected chi connectivity index (χ4v) is 5.49. The summed E-state index contributed by atoms with van der Waals surface area (Å²) in [4.78, 5) is 17.6. The number of fused-ring (bicyclic) bond motifs is 1. The van der Waals surface area contributed by atoms with Crippen molar-refractivity contribution in [3.05, 3.63) is 54.4 Å². The largest absolute Gasteiger partial charge is 0.379 e. The highest BCUT2D eigenvalue weighted by Crippen LogP contribution is 2.22. The van der Waals surface area contributed by atoms with E-state index in [0.717, 1.165) is 16.9 Å². The van der Waals surface area contributed by atoms with Crippen molar-refractivity contribution in [2.24, 2.45) is 0 Å². The molecule has 4 rings (SSSR count). The Morgan fingerprint density at radius 1 is 1.16 bits per heavy atom. The van der Waals surface area contributed by atoms with E-state index in [0.29, 0.717) is 37.7 Å². The normalized spacial score (nSPS) is 15.3. The summed E-state index contributed by atoms with van der Waals surface area (Å²) in [7, 11) is -3.63. The van der Waals surface area contributed by atoms with E-state index in [9.17, 15) is 13.2 Å². The Kier molecular flexibility index (Phi) is 6.61. The van der Waals surface area contributed by atoms with Crippen LogP contribution in [0.5, 0.6) is 0 Å². The molecule has 164 valence electrons. The number of rotatable bonds is 7. The van der Waals surface area contributed by atoms with Crippen LogP contribution in [0.4, 0.5) is 5.69 Å². The summed E-state index contributed by atoms with van der Waals surface area (Å²) in [5.41, 5.74) is 2.18. The van der Waals surface area contributed by atoms with E-state index in [4.69, 9.17) is 4.74 Å². The van der Waals surface area contributed by atoms with Crippen LogP contribution in [0, 0.1) is 0 Å². The molecular weight excluding hydrogens is 436 g/mol. The predicted octanol–water partition coefficient (Wildman–Crippen LogP) is 2.56. The number of aromatic nitrogens is 2. The highest BCUT2D eigenvalue weighted by molar-refractivity contribution is 7.97. The lowest BCUT2D eigenvalue weighted by atomic mass is 10.3. The number of hydrogen-bond donors (Lipinski definition) is 1. The Labute approximate surface area is 185 Å². The second kappa shape index (κ2) is 9.39. The Morgan fingerprint density at radius 2 is 1.94 bits per heavy atom. The van der Waals surface area contributed by atoms with Crippen molar-refractivity contribution >= 4 is 44.4 Å². The molecule has 31 heavy (non-hydrogen) atoms. The quantitative estimate of drug-likeness (QED) is 0.583. The van der Waals surface area contributed by atoms with E-state index < -0.39 is 10.0 Å². The van der Waals surface area contributed by atoms with Crippen LogP contribution in [0.3, 0.4) is 0 Å². The van der Waals surface area contributed by atoms with Crippen LogP contribution >= 0.6 is 11.8 Å². The first-order valence-electron chi connectivity index (χ1n) is 9.90. The molecule has 1 N–H and O–H groups in total. The summed E-state index contributed by atoms with van der Waals surface area (Å²) in [6, 6.07) is 14.1. The minimum Gasteiger partial charge on any atom is -0.379 e. The highest BCUT2D eigenvalue weighted by atomic mass is 32.2. The molecule has 0 atom stereocenters. The Bertz CT molecular complexity index is 1190. The van der Waals surface area contributed by atoms with Crippen molar-refractivity contribution in [2.75, 3.05) is 37.9 Å². The molecule has 0 radical (unpaired) electrons. The summed E-state index contributed by atoms with van der Waals surface area (Å²) in [6.45, 7) is 1.51. The molecule has 10 heteroatoms. The second-order valence-electron chi connectivity index (χ2n) is 7.13. The number of imidazole rings is 1. The first-order chi connectivity index (χ1) is 15.0. The summed E-state index contributed by atoms with van der Waals surface area (Å²) in [5, 5.41) is 2.83. The van der Waals surface area contributed by atoms with Crippen LogP contribution in [0.1, 0.15) is 5.82 Å². The van der Waals surface area contributed by atoms with Crippen LogP contribution in [0.15, 0.2) is 53.4 Å². The molecule has 0 bridgehead atoms. The third-order valence-electron chi connectivity index (χ3n) is 5.03. The van der Waals surface area contributed by atoms with E-state index >= 15 is 0 Å². The molecule has 8 nitrogen and oxygen atoms in total. The summed E-state index contributed by atoms with van der Waals surface area (Å²) in [6.07, 6.45) is 1.99. The number of morpholine rings is 1. The molecule has 2 aromatic carbocycles. The summed E-state index contributed by atoms with van der Waals surface area (Å²) >= 11 is 1.64. The number of amides is 1. The molecule has 0 unspecified atom stereocenters. The van der Waals surface area contributed by atoms with E-state index in [2.05, 4.69) is 10.3 Å². The van der Waals surface area contributed by atoms with Crippen molar-refractivity contribution in [1.82, 2.24) is 13.9 Å². The number of thioether (sulfide) groups is 1. The molecule has 2 heterocycles. The molecule has 1 amide bonds. The topological polar surface area (TPSA) is 93.5 Å². The number of hydrogen-bond acceptors (Lipinski definition) is 6.